The van der Waals surface area contributed by atoms with Gasteiger partial charge >= 0.3 is 0 Å². The summed E-state index contributed by atoms with van der Waals surface area (Å²) in [4.78, 5) is 21.0. The van der Waals surface area contributed by atoms with E-state index < -0.39 is 5.60 Å². The van der Waals surface area contributed by atoms with Gasteiger partial charge in [0.15, 0.2) is 11.6 Å². The number of ether oxygens (including phenoxy) is 1. The van der Waals surface area contributed by atoms with Crippen molar-refractivity contribution < 1.29 is 9.53 Å². The lowest BCUT2D eigenvalue weighted by molar-refractivity contribution is -0.0211. The van der Waals surface area contributed by atoms with E-state index in [1.165, 1.54) is 0 Å². The van der Waals surface area contributed by atoms with Crippen LogP contribution in [0.5, 0.6) is 0 Å². The summed E-state index contributed by atoms with van der Waals surface area (Å²) < 4.78 is 5.68. The predicted octanol–water partition coefficient (Wildman–Crippen LogP) is 2.90. The molecule has 104 valence electrons. The lowest BCUT2D eigenvalue weighted by Gasteiger charge is -2.30. The molecule has 1 aromatic rings. The van der Waals surface area contributed by atoms with Crippen molar-refractivity contribution in [1.29, 1.82) is 0 Å². The minimum absolute atomic E-state index is 0.0224. The third-order valence-electron chi connectivity index (χ3n) is 3.50. The molecule has 0 N–H and O–H groups in total. The van der Waals surface area contributed by atoms with Crippen molar-refractivity contribution in [3.05, 3.63) is 23.3 Å². The first-order valence-electron chi connectivity index (χ1n) is 6.79. The van der Waals surface area contributed by atoms with Gasteiger partial charge in [-0.3, -0.25) is 4.79 Å². The molecule has 0 bridgehead atoms. The summed E-state index contributed by atoms with van der Waals surface area (Å²) in [5.74, 6) is 0.797. The maximum absolute atomic E-state index is 12.1. The van der Waals surface area contributed by atoms with E-state index in [0.717, 1.165) is 12.1 Å². The summed E-state index contributed by atoms with van der Waals surface area (Å²) in [5.41, 5.74) is 0.995. The van der Waals surface area contributed by atoms with E-state index in [1.54, 1.807) is 6.20 Å². The summed E-state index contributed by atoms with van der Waals surface area (Å²) in [6, 6.07) is 0. The lowest BCUT2D eigenvalue weighted by Crippen LogP contribution is -2.31. The molecule has 0 amide bonds. The Hall–Kier alpha value is -1.29. The molecule has 0 radical (unpaired) electrons. The van der Waals surface area contributed by atoms with Crippen LogP contribution in [0.1, 0.15) is 62.9 Å². The number of nitrogens with zero attached hydrogens (tertiary/aromatic N) is 2. The van der Waals surface area contributed by atoms with E-state index in [1.807, 2.05) is 20.8 Å². The molecular formula is C15H22N2O2. The standard InChI is InChI=1S/C15H22N2O2/c1-6-19-15(4,5)13-16-9-10-11(17-13)7-14(2,3)8-12(10)18/h9H,6-8H2,1-5H3. The second-order valence-electron chi connectivity index (χ2n) is 6.44. The van der Waals surface area contributed by atoms with Gasteiger partial charge in [0.1, 0.15) is 5.60 Å². The van der Waals surface area contributed by atoms with Gasteiger partial charge in [-0.1, -0.05) is 13.8 Å². The van der Waals surface area contributed by atoms with Crippen LogP contribution in [0.15, 0.2) is 6.20 Å². The molecule has 0 atom stereocenters. The van der Waals surface area contributed by atoms with Crippen molar-refractivity contribution in [2.24, 2.45) is 5.41 Å². The van der Waals surface area contributed by atoms with Crippen molar-refractivity contribution >= 4 is 5.78 Å². The zero-order valence-electron chi connectivity index (χ0n) is 12.4. The van der Waals surface area contributed by atoms with Crippen LogP contribution >= 0.6 is 0 Å². The van der Waals surface area contributed by atoms with Crippen LogP contribution in [-0.4, -0.2) is 22.4 Å². The SMILES string of the molecule is CCOC(C)(C)c1ncc2c(n1)CC(C)(C)CC2=O. The molecular weight excluding hydrogens is 240 g/mol. The summed E-state index contributed by atoms with van der Waals surface area (Å²) in [6.07, 6.45) is 3.04. The van der Waals surface area contributed by atoms with Crippen molar-refractivity contribution in [3.8, 4) is 0 Å². The number of carbonyl (C=O) groups is 1. The molecule has 1 aliphatic carbocycles. The van der Waals surface area contributed by atoms with E-state index in [4.69, 9.17) is 4.74 Å². The number of fused-ring (bicyclic) bond motifs is 1. The molecule has 1 heterocycles. The normalized spacial score (nSPS) is 18.3. The Labute approximate surface area is 114 Å². The molecule has 2 rings (SSSR count). The number of aromatic nitrogens is 2. The zero-order valence-corrected chi connectivity index (χ0v) is 12.4. The molecule has 0 aromatic carbocycles. The monoisotopic (exact) mass is 262 g/mol. The number of hydrogen-bond donors (Lipinski definition) is 0. The Bertz CT molecular complexity index is 507. The smallest absolute Gasteiger partial charge is 0.166 e. The van der Waals surface area contributed by atoms with Crippen molar-refractivity contribution in [2.45, 2.75) is 53.1 Å². The molecule has 1 aromatic heterocycles. The van der Waals surface area contributed by atoms with E-state index >= 15 is 0 Å². The Morgan fingerprint density at radius 1 is 1.37 bits per heavy atom. The van der Waals surface area contributed by atoms with Gasteiger partial charge in [0, 0.05) is 19.2 Å². The molecule has 0 spiro atoms. The van der Waals surface area contributed by atoms with E-state index in [0.29, 0.717) is 24.4 Å². The average molecular weight is 262 g/mol. The number of ketones is 1. The maximum Gasteiger partial charge on any atom is 0.166 e. The van der Waals surface area contributed by atoms with Crippen LogP contribution in [0.25, 0.3) is 0 Å². The van der Waals surface area contributed by atoms with Crippen LogP contribution in [0, 0.1) is 5.41 Å². The quantitative estimate of drug-likeness (QED) is 0.840. The molecule has 0 aliphatic heterocycles. The van der Waals surface area contributed by atoms with Crippen LogP contribution in [-0.2, 0) is 16.8 Å². The maximum atomic E-state index is 12.1. The highest BCUT2D eigenvalue weighted by molar-refractivity contribution is 5.98. The third kappa shape index (κ3) is 2.84. The summed E-state index contributed by atoms with van der Waals surface area (Å²) in [7, 11) is 0. The average Bonchev–Trinajstić information content (AvgIpc) is 2.26. The largest absolute Gasteiger partial charge is 0.368 e. The Morgan fingerprint density at radius 3 is 2.68 bits per heavy atom. The molecule has 0 unspecified atom stereocenters. The van der Waals surface area contributed by atoms with Crippen LogP contribution in [0.4, 0.5) is 0 Å². The van der Waals surface area contributed by atoms with E-state index in [2.05, 4.69) is 23.8 Å². The topological polar surface area (TPSA) is 52.1 Å². The predicted molar refractivity (Wildman–Crippen MR) is 73.1 cm³/mol. The van der Waals surface area contributed by atoms with Crippen LogP contribution < -0.4 is 0 Å². The summed E-state index contributed by atoms with van der Waals surface area (Å²) in [5, 5.41) is 0. The van der Waals surface area contributed by atoms with Gasteiger partial charge < -0.3 is 4.74 Å². The van der Waals surface area contributed by atoms with Gasteiger partial charge in [-0.2, -0.15) is 0 Å². The number of rotatable bonds is 3. The molecule has 4 heteroatoms. The fourth-order valence-electron chi connectivity index (χ4n) is 2.55. The van der Waals surface area contributed by atoms with Crippen molar-refractivity contribution in [3.63, 3.8) is 0 Å². The van der Waals surface area contributed by atoms with Crippen molar-refractivity contribution in [1.82, 2.24) is 9.97 Å². The Balaban J connectivity index is 2.41. The minimum atomic E-state index is -0.519. The first-order chi connectivity index (χ1) is 8.75. The number of hydrogen-bond acceptors (Lipinski definition) is 4. The summed E-state index contributed by atoms with van der Waals surface area (Å²) in [6.45, 7) is 10.7. The molecule has 0 saturated heterocycles. The van der Waals surface area contributed by atoms with Gasteiger partial charge in [0.2, 0.25) is 0 Å². The third-order valence-corrected chi connectivity index (χ3v) is 3.50. The molecule has 19 heavy (non-hydrogen) atoms. The van der Waals surface area contributed by atoms with E-state index in [9.17, 15) is 4.79 Å². The van der Waals surface area contributed by atoms with Crippen LogP contribution in [0.2, 0.25) is 0 Å². The first kappa shape index (κ1) is 14.1. The van der Waals surface area contributed by atoms with Gasteiger partial charge in [0.25, 0.3) is 0 Å². The second kappa shape index (κ2) is 4.67. The van der Waals surface area contributed by atoms with E-state index in [-0.39, 0.29) is 11.2 Å². The highest BCUT2D eigenvalue weighted by atomic mass is 16.5. The fourth-order valence-corrected chi connectivity index (χ4v) is 2.55. The van der Waals surface area contributed by atoms with Gasteiger partial charge in [-0.25, -0.2) is 9.97 Å². The second-order valence-corrected chi connectivity index (χ2v) is 6.44. The fraction of sp³-hybridized carbons (Fsp3) is 0.667. The van der Waals surface area contributed by atoms with Crippen molar-refractivity contribution in [2.75, 3.05) is 6.61 Å². The molecule has 0 saturated carbocycles. The first-order valence-corrected chi connectivity index (χ1v) is 6.79. The highest BCUT2D eigenvalue weighted by Gasteiger charge is 2.34. The number of Topliss-reactive ketones (excluding diaryl/α,β-unsaturated/α-hetero) is 1. The number of carbonyl (C=O) groups excluding carboxylic acids is 1. The molecule has 1 aliphatic rings. The Morgan fingerprint density at radius 2 is 2.05 bits per heavy atom. The van der Waals surface area contributed by atoms with Gasteiger partial charge in [-0.15, -0.1) is 0 Å². The lowest BCUT2D eigenvalue weighted by atomic mass is 9.76. The Kier molecular flexibility index (Phi) is 3.47. The summed E-state index contributed by atoms with van der Waals surface area (Å²) >= 11 is 0. The highest BCUT2D eigenvalue weighted by Crippen LogP contribution is 2.34. The molecule has 0 fully saturated rings. The van der Waals surface area contributed by atoms with Gasteiger partial charge in [0.05, 0.1) is 11.3 Å². The minimum Gasteiger partial charge on any atom is -0.368 e. The van der Waals surface area contributed by atoms with Crippen LogP contribution in [0.3, 0.4) is 0 Å². The molecule has 4 nitrogen and oxygen atoms in total. The zero-order chi connectivity index (χ0) is 14.3. The van der Waals surface area contributed by atoms with Gasteiger partial charge in [-0.05, 0) is 32.6 Å².